The zero-order chi connectivity index (χ0) is 13.2. The average molecular weight is 248 g/mol. The van der Waals surface area contributed by atoms with Crippen molar-refractivity contribution in [2.75, 3.05) is 6.61 Å². The summed E-state index contributed by atoms with van der Waals surface area (Å²) in [5.74, 6) is 1.70. The molecule has 0 spiro atoms. The van der Waals surface area contributed by atoms with Gasteiger partial charge >= 0.3 is 0 Å². The van der Waals surface area contributed by atoms with Crippen molar-refractivity contribution in [2.24, 2.45) is 5.92 Å². The molecule has 0 saturated heterocycles. The van der Waals surface area contributed by atoms with Gasteiger partial charge in [0, 0.05) is 0 Å². The van der Waals surface area contributed by atoms with E-state index in [0.717, 1.165) is 31.6 Å². The highest BCUT2D eigenvalue weighted by Crippen LogP contribution is 2.40. The van der Waals surface area contributed by atoms with Crippen LogP contribution in [0.4, 0.5) is 0 Å². The normalized spacial score (nSPS) is 22.2. The molecule has 0 amide bonds. The van der Waals surface area contributed by atoms with Crippen LogP contribution in [0.1, 0.15) is 51.5 Å². The van der Waals surface area contributed by atoms with Gasteiger partial charge in [0.05, 0.1) is 12.2 Å². The van der Waals surface area contributed by atoms with Crippen LogP contribution in [0.3, 0.4) is 0 Å². The minimum Gasteiger partial charge on any atom is -0.493 e. The minimum atomic E-state index is -0.560. The van der Waals surface area contributed by atoms with Crippen molar-refractivity contribution < 1.29 is 9.84 Å². The predicted molar refractivity (Wildman–Crippen MR) is 74.0 cm³/mol. The van der Waals surface area contributed by atoms with Gasteiger partial charge in [-0.1, -0.05) is 39.0 Å². The lowest BCUT2D eigenvalue weighted by molar-refractivity contribution is -0.0252. The van der Waals surface area contributed by atoms with Gasteiger partial charge in [-0.2, -0.15) is 0 Å². The Labute approximate surface area is 110 Å². The van der Waals surface area contributed by atoms with E-state index in [-0.39, 0.29) is 5.92 Å². The number of para-hydroxylation sites is 1. The second kappa shape index (κ2) is 5.31. The van der Waals surface area contributed by atoms with Crippen molar-refractivity contribution in [3.05, 3.63) is 29.8 Å². The molecule has 1 aromatic rings. The van der Waals surface area contributed by atoms with E-state index >= 15 is 0 Å². The Morgan fingerprint density at radius 1 is 1.39 bits per heavy atom. The Bertz CT molecular complexity index is 400. The lowest BCUT2D eigenvalue weighted by atomic mass is 9.76. The molecule has 1 heterocycles. The first kappa shape index (κ1) is 13.4. The topological polar surface area (TPSA) is 29.5 Å². The molecule has 1 aliphatic rings. The molecule has 100 valence electrons. The standard InChI is InChI=1S/C16H24O2/c1-4-16(17,12(2)3)11-13-9-10-18-15-8-6-5-7-14(13)15/h5-8,12-13,17H,4,9-11H2,1-3H3. The number of benzene rings is 1. The van der Waals surface area contributed by atoms with Crippen LogP contribution in [0.2, 0.25) is 0 Å². The van der Waals surface area contributed by atoms with Gasteiger partial charge in [0.25, 0.3) is 0 Å². The molecule has 2 unspecified atom stereocenters. The number of aliphatic hydroxyl groups is 1. The number of rotatable bonds is 4. The maximum absolute atomic E-state index is 10.7. The van der Waals surface area contributed by atoms with E-state index in [0.29, 0.717) is 5.92 Å². The molecule has 2 atom stereocenters. The van der Waals surface area contributed by atoms with Crippen LogP contribution in [-0.2, 0) is 0 Å². The minimum absolute atomic E-state index is 0.289. The quantitative estimate of drug-likeness (QED) is 0.879. The van der Waals surface area contributed by atoms with Crippen LogP contribution in [0, 0.1) is 5.92 Å². The summed E-state index contributed by atoms with van der Waals surface area (Å²) >= 11 is 0. The molecular formula is C16H24O2. The Kier molecular flexibility index (Phi) is 3.96. The van der Waals surface area contributed by atoms with E-state index in [1.807, 2.05) is 12.1 Å². The van der Waals surface area contributed by atoms with E-state index < -0.39 is 5.60 Å². The second-order valence-corrected chi connectivity index (χ2v) is 5.69. The third kappa shape index (κ3) is 2.54. The summed E-state index contributed by atoms with van der Waals surface area (Å²) in [6.45, 7) is 7.05. The van der Waals surface area contributed by atoms with E-state index in [1.54, 1.807) is 0 Å². The van der Waals surface area contributed by atoms with Gasteiger partial charge in [-0.05, 0) is 42.7 Å². The highest BCUT2D eigenvalue weighted by molar-refractivity contribution is 5.37. The molecule has 2 heteroatoms. The summed E-state index contributed by atoms with van der Waals surface area (Å²) in [4.78, 5) is 0. The second-order valence-electron chi connectivity index (χ2n) is 5.69. The molecule has 0 bridgehead atoms. The Balaban J connectivity index is 2.21. The first-order valence-corrected chi connectivity index (χ1v) is 7.01. The third-order valence-electron chi connectivity index (χ3n) is 4.37. The van der Waals surface area contributed by atoms with E-state index in [9.17, 15) is 5.11 Å². The SMILES string of the molecule is CCC(O)(CC1CCOc2ccccc21)C(C)C. The van der Waals surface area contributed by atoms with Gasteiger partial charge in [-0.15, -0.1) is 0 Å². The molecule has 0 fully saturated rings. The molecule has 0 aromatic heterocycles. The van der Waals surface area contributed by atoms with Gasteiger partial charge in [0.1, 0.15) is 5.75 Å². The molecule has 18 heavy (non-hydrogen) atoms. The fourth-order valence-electron chi connectivity index (χ4n) is 2.84. The maximum Gasteiger partial charge on any atom is 0.122 e. The lowest BCUT2D eigenvalue weighted by Crippen LogP contribution is -2.37. The zero-order valence-electron chi connectivity index (χ0n) is 11.6. The number of fused-ring (bicyclic) bond motifs is 1. The van der Waals surface area contributed by atoms with E-state index in [1.165, 1.54) is 5.56 Å². The van der Waals surface area contributed by atoms with Crippen molar-refractivity contribution in [3.8, 4) is 5.75 Å². The fraction of sp³-hybridized carbons (Fsp3) is 0.625. The molecule has 0 saturated carbocycles. The van der Waals surface area contributed by atoms with Gasteiger partial charge in [-0.3, -0.25) is 0 Å². The Morgan fingerprint density at radius 2 is 2.11 bits per heavy atom. The van der Waals surface area contributed by atoms with Crippen LogP contribution >= 0.6 is 0 Å². The van der Waals surface area contributed by atoms with Gasteiger partial charge in [-0.25, -0.2) is 0 Å². The number of hydrogen-bond donors (Lipinski definition) is 1. The van der Waals surface area contributed by atoms with Crippen LogP contribution in [0.25, 0.3) is 0 Å². The van der Waals surface area contributed by atoms with Gasteiger partial charge < -0.3 is 9.84 Å². The Morgan fingerprint density at radius 3 is 2.78 bits per heavy atom. The van der Waals surface area contributed by atoms with Crippen LogP contribution < -0.4 is 4.74 Å². The number of hydrogen-bond acceptors (Lipinski definition) is 2. The highest BCUT2D eigenvalue weighted by Gasteiger charge is 2.34. The molecule has 1 aromatic carbocycles. The highest BCUT2D eigenvalue weighted by atomic mass is 16.5. The van der Waals surface area contributed by atoms with Gasteiger partial charge in [0.15, 0.2) is 0 Å². The lowest BCUT2D eigenvalue weighted by Gasteiger charge is -2.36. The molecular weight excluding hydrogens is 224 g/mol. The largest absolute Gasteiger partial charge is 0.493 e. The van der Waals surface area contributed by atoms with Crippen molar-refractivity contribution >= 4 is 0 Å². The summed E-state index contributed by atoms with van der Waals surface area (Å²) in [5, 5.41) is 10.7. The summed E-state index contributed by atoms with van der Waals surface area (Å²) in [5.41, 5.74) is 0.700. The molecule has 1 N–H and O–H groups in total. The molecule has 2 nitrogen and oxygen atoms in total. The summed E-state index contributed by atoms with van der Waals surface area (Å²) in [6, 6.07) is 8.23. The molecule has 2 rings (SSSR count). The smallest absolute Gasteiger partial charge is 0.122 e. The van der Waals surface area contributed by atoms with Crippen molar-refractivity contribution in [1.82, 2.24) is 0 Å². The van der Waals surface area contributed by atoms with E-state index in [4.69, 9.17) is 4.74 Å². The first-order valence-electron chi connectivity index (χ1n) is 7.01. The van der Waals surface area contributed by atoms with Crippen LogP contribution in [-0.4, -0.2) is 17.3 Å². The molecule has 0 aliphatic carbocycles. The zero-order valence-corrected chi connectivity index (χ0v) is 11.6. The summed E-state index contributed by atoms with van der Waals surface area (Å²) in [6.07, 6.45) is 2.65. The Hall–Kier alpha value is -1.02. The van der Waals surface area contributed by atoms with E-state index in [2.05, 4.69) is 32.9 Å². The third-order valence-corrected chi connectivity index (χ3v) is 4.37. The van der Waals surface area contributed by atoms with Crippen molar-refractivity contribution in [3.63, 3.8) is 0 Å². The van der Waals surface area contributed by atoms with Crippen molar-refractivity contribution in [1.29, 1.82) is 0 Å². The van der Waals surface area contributed by atoms with Gasteiger partial charge in [0.2, 0.25) is 0 Å². The molecule has 1 aliphatic heterocycles. The van der Waals surface area contributed by atoms with Crippen molar-refractivity contribution in [2.45, 2.75) is 51.6 Å². The number of ether oxygens (including phenoxy) is 1. The average Bonchev–Trinajstić information content (AvgIpc) is 2.39. The molecule has 0 radical (unpaired) electrons. The maximum atomic E-state index is 10.7. The first-order chi connectivity index (χ1) is 8.57. The van der Waals surface area contributed by atoms with Crippen LogP contribution in [0.15, 0.2) is 24.3 Å². The summed E-state index contributed by atoms with van der Waals surface area (Å²) < 4.78 is 5.68. The summed E-state index contributed by atoms with van der Waals surface area (Å²) in [7, 11) is 0. The van der Waals surface area contributed by atoms with Crippen LogP contribution in [0.5, 0.6) is 5.75 Å². The monoisotopic (exact) mass is 248 g/mol. The predicted octanol–water partition coefficient (Wildman–Crippen LogP) is 3.74. The fourth-order valence-corrected chi connectivity index (χ4v) is 2.84.